The summed E-state index contributed by atoms with van der Waals surface area (Å²) in [6.07, 6.45) is 0. The van der Waals surface area contributed by atoms with Crippen LogP contribution in [0.25, 0.3) is 43.4 Å². The minimum atomic E-state index is 1.31. The van der Waals surface area contributed by atoms with Crippen molar-refractivity contribution >= 4 is 43.4 Å². The lowest BCUT2D eigenvalue weighted by molar-refractivity contribution is 1.02. The Labute approximate surface area is 141 Å². The largest absolute Gasteiger partial charge is 0.343 e. The van der Waals surface area contributed by atoms with Crippen LogP contribution in [0.3, 0.4) is 0 Å². The summed E-state index contributed by atoms with van der Waals surface area (Å²) in [6, 6.07) is 22.5. The molecular weight excluding hydrogens is 290 g/mol. The molecule has 1 aromatic heterocycles. The zero-order valence-corrected chi connectivity index (χ0v) is 14.2. The van der Waals surface area contributed by atoms with Crippen molar-refractivity contribution in [1.29, 1.82) is 0 Å². The third-order valence-corrected chi connectivity index (χ3v) is 5.25. The quantitative estimate of drug-likeness (QED) is 0.318. The Kier molecular flexibility index (Phi) is 2.62. The number of fused-ring (bicyclic) bond motifs is 7. The van der Waals surface area contributed by atoms with Gasteiger partial charge in [-0.25, -0.2) is 0 Å². The molecule has 24 heavy (non-hydrogen) atoms. The maximum atomic E-state index is 2.38. The molecule has 0 unspecified atom stereocenters. The normalized spacial score (nSPS) is 12.0. The van der Waals surface area contributed by atoms with E-state index in [-0.39, 0.29) is 0 Å². The molecule has 116 valence electrons. The van der Waals surface area contributed by atoms with E-state index in [0.717, 1.165) is 0 Å². The number of nitrogens with zero attached hydrogens (tertiary/aromatic N) is 1. The van der Waals surface area contributed by atoms with E-state index in [1.165, 1.54) is 54.5 Å². The average Bonchev–Trinajstić information content (AvgIpc) is 2.87. The fraction of sp³-hybridized carbons (Fsp3) is 0.130. The highest BCUT2D eigenvalue weighted by Crippen LogP contribution is 2.37. The summed E-state index contributed by atoms with van der Waals surface area (Å²) in [4.78, 5) is 0. The predicted molar refractivity (Wildman–Crippen MR) is 105 cm³/mol. The van der Waals surface area contributed by atoms with Gasteiger partial charge < -0.3 is 4.57 Å². The van der Waals surface area contributed by atoms with E-state index in [9.17, 15) is 0 Å². The van der Waals surface area contributed by atoms with E-state index in [1.54, 1.807) is 0 Å². The minimum Gasteiger partial charge on any atom is -0.343 e. The average molecular weight is 309 g/mol. The summed E-state index contributed by atoms with van der Waals surface area (Å²) in [5.41, 5.74) is 5.27. The highest BCUT2D eigenvalue weighted by atomic mass is 14.9. The topological polar surface area (TPSA) is 4.93 Å². The van der Waals surface area contributed by atoms with Crippen LogP contribution in [0.5, 0.6) is 0 Å². The zero-order chi connectivity index (χ0) is 16.4. The number of rotatable bonds is 0. The first-order chi connectivity index (χ1) is 11.6. The number of benzene rings is 4. The van der Waals surface area contributed by atoms with Gasteiger partial charge in [0.25, 0.3) is 0 Å². The van der Waals surface area contributed by atoms with Crippen molar-refractivity contribution in [2.45, 2.75) is 13.8 Å². The molecule has 1 heterocycles. The molecule has 0 fully saturated rings. The lowest BCUT2D eigenvalue weighted by atomic mass is 10.0. The van der Waals surface area contributed by atoms with Crippen LogP contribution in [0.2, 0.25) is 0 Å². The van der Waals surface area contributed by atoms with Crippen LogP contribution < -0.4 is 0 Å². The van der Waals surface area contributed by atoms with Crippen LogP contribution in [0.15, 0.2) is 60.7 Å². The van der Waals surface area contributed by atoms with Crippen molar-refractivity contribution in [3.63, 3.8) is 0 Å². The molecule has 0 aliphatic rings. The van der Waals surface area contributed by atoms with Gasteiger partial charge in [-0.15, -0.1) is 0 Å². The van der Waals surface area contributed by atoms with Gasteiger partial charge in [0.05, 0.1) is 11.0 Å². The lowest BCUT2D eigenvalue weighted by Crippen LogP contribution is -1.89. The first kappa shape index (κ1) is 13.6. The van der Waals surface area contributed by atoms with Gasteiger partial charge in [-0.3, -0.25) is 0 Å². The van der Waals surface area contributed by atoms with E-state index in [0.29, 0.717) is 0 Å². The fourth-order valence-corrected chi connectivity index (χ4v) is 4.13. The highest BCUT2D eigenvalue weighted by molar-refractivity contribution is 6.22. The first-order valence-electron chi connectivity index (χ1n) is 8.44. The molecule has 0 saturated heterocycles. The summed E-state index contributed by atoms with van der Waals surface area (Å²) in [7, 11) is 2.20. The van der Waals surface area contributed by atoms with Gasteiger partial charge in [0.2, 0.25) is 0 Å². The third-order valence-electron chi connectivity index (χ3n) is 5.25. The molecule has 0 bridgehead atoms. The third kappa shape index (κ3) is 1.70. The number of hydrogen-bond donors (Lipinski definition) is 0. The molecule has 0 aliphatic carbocycles. The maximum absolute atomic E-state index is 2.38. The van der Waals surface area contributed by atoms with E-state index in [2.05, 4.69) is 86.1 Å². The molecule has 0 radical (unpaired) electrons. The molecule has 4 aromatic carbocycles. The molecule has 0 amide bonds. The Morgan fingerprint density at radius 3 is 1.42 bits per heavy atom. The summed E-state index contributed by atoms with van der Waals surface area (Å²) < 4.78 is 2.38. The first-order valence-corrected chi connectivity index (χ1v) is 8.44. The van der Waals surface area contributed by atoms with Crippen molar-refractivity contribution in [2.75, 3.05) is 0 Å². The Bertz CT molecular complexity index is 1170. The van der Waals surface area contributed by atoms with Gasteiger partial charge in [-0.2, -0.15) is 0 Å². The Morgan fingerprint density at radius 2 is 0.958 bits per heavy atom. The lowest BCUT2D eigenvalue weighted by Gasteiger charge is -2.06. The molecule has 0 atom stereocenters. The number of hydrogen-bond acceptors (Lipinski definition) is 0. The number of aryl methyl sites for hydroxylation is 3. The van der Waals surface area contributed by atoms with Crippen LogP contribution in [0.4, 0.5) is 0 Å². The maximum Gasteiger partial charge on any atom is 0.0568 e. The molecule has 1 heteroatoms. The van der Waals surface area contributed by atoms with Gasteiger partial charge >= 0.3 is 0 Å². The zero-order valence-electron chi connectivity index (χ0n) is 14.2. The van der Waals surface area contributed by atoms with Gasteiger partial charge in [-0.05, 0) is 24.6 Å². The SMILES string of the molecule is Cc1ccc2c(ccc3c4ccc5cc(C)ccc5c4n(C)c23)c1. The second kappa shape index (κ2) is 4.61. The molecule has 1 nitrogen and oxygen atoms in total. The van der Waals surface area contributed by atoms with Crippen molar-refractivity contribution in [3.05, 3.63) is 71.8 Å². The van der Waals surface area contributed by atoms with Crippen molar-refractivity contribution in [2.24, 2.45) is 7.05 Å². The smallest absolute Gasteiger partial charge is 0.0568 e. The summed E-state index contributed by atoms with van der Waals surface area (Å²) in [5.74, 6) is 0. The summed E-state index contributed by atoms with van der Waals surface area (Å²) >= 11 is 0. The fourth-order valence-electron chi connectivity index (χ4n) is 4.13. The minimum absolute atomic E-state index is 1.31. The van der Waals surface area contributed by atoms with E-state index in [1.807, 2.05) is 0 Å². The van der Waals surface area contributed by atoms with Crippen molar-refractivity contribution in [3.8, 4) is 0 Å². The van der Waals surface area contributed by atoms with E-state index in [4.69, 9.17) is 0 Å². The van der Waals surface area contributed by atoms with Crippen LogP contribution in [-0.2, 0) is 7.05 Å². The Morgan fingerprint density at radius 1 is 0.542 bits per heavy atom. The molecule has 5 aromatic rings. The Balaban J connectivity index is 2.07. The second-order valence-corrected chi connectivity index (χ2v) is 6.93. The van der Waals surface area contributed by atoms with Crippen LogP contribution >= 0.6 is 0 Å². The van der Waals surface area contributed by atoms with Gasteiger partial charge in [0, 0.05) is 28.6 Å². The number of aromatic nitrogens is 1. The molecule has 0 spiro atoms. The highest BCUT2D eigenvalue weighted by Gasteiger charge is 2.13. The summed E-state index contributed by atoms with van der Waals surface area (Å²) in [5, 5.41) is 7.97. The summed E-state index contributed by atoms with van der Waals surface area (Å²) in [6.45, 7) is 4.31. The standard InChI is InChI=1S/C23H19N/c1-14-4-8-18-16(12-14)6-10-20-21-11-7-17-13-15(2)5-9-19(17)23(21)24(3)22(18)20/h4-13H,1-3H3. The molecule has 5 rings (SSSR count). The second-order valence-electron chi connectivity index (χ2n) is 6.93. The van der Waals surface area contributed by atoms with Crippen molar-refractivity contribution in [1.82, 2.24) is 4.57 Å². The van der Waals surface area contributed by atoms with Gasteiger partial charge in [0.1, 0.15) is 0 Å². The Hall–Kier alpha value is -2.80. The predicted octanol–water partition coefficient (Wildman–Crippen LogP) is 6.25. The van der Waals surface area contributed by atoms with E-state index < -0.39 is 0 Å². The van der Waals surface area contributed by atoms with Gasteiger partial charge in [0.15, 0.2) is 0 Å². The molecular formula is C23H19N. The van der Waals surface area contributed by atoms with Crippen LogP contribution in [-0.4, -0.2) is 4.57 Å². The van der Waals surface area contributed by atoms with Crippen LogP contribution in [0, 0.1) is 13.8 Å². The molecule has 0 aliphatic heterocycles. The van der Waals surface area contributed by atoms with Crippen molar-refractivity contribution < 1.29 is 0 Å². The van der Waals surface area contributed by atoms with Crippen LogP contribution in [0.1, 0.15) is 11.1 Å². The van der Waals surface area contributed by atoms with Gasteiger partial charge in [-0.1, -0.05) is 71.8 Å². The molecule has 0 saturated carbocycles. The van der Waals surface area contributed by atoms with E-state index >= 15 is 0 Å². The molecule has 0 N–H and O–H groups in total. The monoisotopic (exact) mass is 309 g/mol.